The van der Waals surface area contributed by atoms with E-state index in [9.17, 15) is 4.55 Å². The van der Waals surface area contributed by atoms with Crippen molar-refractivity contribution in [2.45, 2.75) is 83.8 Å². The van der Waals surface area contributed by atoms with E-state index in [1.54, 1.807) is 0 Å². The van der Waals surface area contributed by atoms with E-state index in [0.29, 0.717) is 0 Å². The Bertz CT molecular complexity index is 339. The van der Waals surface area contributed by atoms with Gasteiger partial charge in [-0.2, -0.15) is 0 Å². The maximum atomic E-state index is 12.5. The Morgan fingerprint density at radius 1 is 1.21 bits per heavy atom. The van der Waals surface area contributed by atoms with Gasteiger partial charge in [0.15, 0.2) is 0 Å². The minimum Gasteiger partial charge on any atom is -0.616 e. The zero-order chi connectivity index (χ0) is 15.4. The van der Waals surface area contributed by atoms with E-state index in [0.717, 1.165) is 24.1 Å². The second-order valence-corrected chi connectivity index (χ2v) is 9.89. The first-order valence-electron chi connectivity index (χ1n) is 7.00. The van der Waals surface area contributed by atoms with Crippen LogP contribution in [-0.4, -0.2) is 25.8 Å². The second kappa shape index (κ2) is 6.94. The van der Waals surface area contributed by atoms with E-state index < -0.39 is 11.2 Å². The van der Waals surface area contributed by atoms with Crippen LogP contribution in [0.15, 0.2) is 17.1 Å². The van der Waals surface area contributed by atoms with Crippen molar-refractivity contribution in [3.63, 3.8) is 0 Å². The van der Waals surface area contributed by atoms with Crippen LogP contribution in [0.3, 0.4) is 0 Å². The minimum absolute atomic E-state index is 0.163. The summed E-state index contributed by atoms with van der Waals surface area (Å²) >= 11 is -0.852. The van der Waals surface area contributed by atoms with Gasteiger partial charge in [0.1, 0.15) is 9.49 Å². The molecule has 0 heterocycles. The molecule has 0 aliphatic rings. The Labute approximate surface area is 123 Å². The molecule has 0 N–H and O–H groups in total. The van der Waals surface area contributed by atoms with Crippen LogP contribution in [0.25, 0.3) is 0 Å². The Kier molecular flexibility index (Phi) is 6.84. The highest BCUT2D eigenvalue weighted by atomic mass is 32.2. The Balaban J connectivity index is 4.55. The van der Waals surface area contributed by atoms with Crippen molar-refractivity contribution in [3.05, 3.63) is 12.2 Å². The molecule has 0 saturated carbocycles. The summed E-state index contributed by atoms with van der Waals surface area (Å²) in [6, 6.07) is 0.257. The van der Waals surface area contributed by atoms with E-state index in [2.05, 4.69) is 32.3 Å². The molecule has 3 heteroatoms. The first-order valence-corrected chi connectivity index (χ1v) is 8.15. The summed E-state index contributed by atoms with van der Waals surface area (Å²) in [6.45, 7) is 20.3. The van der Waals surface area contributed by atoms with Crippen LogP contribution in [0.1, 0.15) is 68.2 Å². The lowest BCUT2D eigenvalue weighted by Crippen LogP contribution is -2.44. The molecule has 0 aromatic heterocycles. The van der Waals surface area contributed by atoms with Gasteiger partial charge in [0, 0.05) is 11.8 Å². The zero-order valence-corrected chi connectivity index (χ0v) is 14.8. The van der Waals surface area contributed by atoms with Crippen molar-refractivity contribution < 1.29 is 4.55 Å². The van der Waals surface area contributed by atoms with Crippen molar-refractivity contribution in [2.24, 2.45) is 4.99 Å². The summed E-state index contributed by atoms with van der Waals surface area (Å²) < 4.78 is 12.2. The molecular formula is C16H31NOS. The molecule has 0 aliphatic carbocycles. The summed E-state index contributed by atoms with van der Waals surface area (Å²) in [6.07, 6.45) is 1.88. The molecule has 0 radical (unpaired) electrons. The summed E-state index contributed by atoms with van der Waals surface area (Å²) in [5.41, 5.74) is 2.03. The number of hydrogen-bond acceptors (Lipinski definition) is 2. The second-order valence-electron chi connectivity index (χ2n) is 7.02. The highest BCUT2D eigenvalue weighted by Crippen LogP contribution is 2.33. The molecule has 0 aromatic rings. The maximum Gasteiger partial charge on any atom is 0.120 e. The molecule has 2 nitrogen and oxygen atoms in total. The normalized spacial score (nSPS) is 17.2. The van der Waals surface area contributed by atoms with Gasteiger partial charge in [-0.3, -0.25) is 4.99 Å². The molecule has 0 rings (SSSR count). The van der Waals surface area contributed by atoms with E-state index in [1.807, 2.05) is 34.6 Å². The van der Waals surface area contributed by atoms with Gasteiger partial charge in [-0.25, -0.2) is 0 Å². The van der Waals surface area contributed by atoms with Crippen LogP contribution in [0.2, 0.25) is 0 Å². The number of aliphatic imine (C=N–C) groups is 1. The lowest BCUT2D eigenvalue weighted by Gasteiger charge is -2.37. The van der Waals surface area contributed by atoms with Gasteiger partial charge in [0.25, 0.3) is 0 Å². The number of rotatable bonds is 6. The number of hydrogen-bond donors (Lipinski definition) is 0. The summed E-state index contributed by atoms with van der Waals surface area (Å²) in [7, 11) is 0. The van der Waals surface area contributed by atoms with Crippen LogP contribution in [0.4, 0.5) is 0 Å². The summed E-state index contributed by atoms with van der Waals surface area (Å²) in [5, 5.41) is 0. The topological polar surface area (TPSA) is 35.4 Å². The fourth-order valence-corrected chi connectivity index (χ4v) is 3.94. The van der Waals surface area contributed by atoms with Crippen molar-refractivity contribution in [3.8, 4) is 0 Å². The SMILES string of the molecule is C=C(C)/C(C)=N\C(C)CCC(C)(C)[S+]([O-])C(C)(C)C. The third-order valence-electron chi connectivity index (χ3n) is 3.25. The molecule has 0 aromatic carbocycles. The van der Waals surface area contributed by atoms with Gasteiger partial charge in [0.05, 0.1) is 0 Å². The van der Waals surface area contributed by atoms with E-state index in [-0.39, 0.29) is 15.5 Å². The van der Waals surface area contributed by atoms with E-state index in [4.69, 9.17) is 0 Å². The van der Waals surface area contributed by atoms with Crippen LogP contribution >= 0.6 is 0 Å². The molecule has 2 unspecified atom stereocenters. The molecule has 19 heavy (non-hydrogen) atoms. The van der Waals surface area contributed by atoms with Gasteiger partial charge in [0.2, 0.25) is 0 Å². The molecule has 0 fully saturated rings. The lowest BCUT2D eigenvalue weighted by molar-refractivity contribution is 0.475. The monoisotopic (exact) mass is 285 g/mol. The summed E-state index contributed by atoms with van der Waals surface area (Å²) in [5.74, 6) is 0. The predicted molar refractivity (Wildman–Crippen MR) is 88.6 cm³/mol. The van der Waals surface area contributed by atoms with Gasteiger partial charge < -0.3 is 4.55 Å². The van der Waals surface area contributed by atoms with E-state index >= 15 is 0 Å². The fourth-order valence-electron chi connectivity index (χ4n) is 1.98. The van der Waals surface area contributed by atoms with Crippen molar-refractivity contribution in [1.29, 1.82) is 0 Å². The van der Waals surface area contributed by atoms with Crippen molar-refractivity contribution >= 4 is 16.9 Å². The van der Waals surface area contributed by atoms with Gasteiger partial charge >= 0.3 is 0 Å². The van der Waals surface area contributed by atoms with E-state index in [1.165, 1.54) is 0 Å². The highest BCUT2D eigenvalue weighted by molar-refractivity contribution is 7.94. The largest absolute Gasteiger partial charge is 0.616 e. The molecule has 0 bridgehead atoms. The number of nitrogens with zero attached hydrogens (tertiary/aromatic N) is 1. The maximum absolute atomic E-state index is 12.5. The third-order valence-corrected chi connectivity index (χ3v) is 5.57. The molecule has 0 saturated heterocycles. The molecule has 0 aliphatic heterocycles. The van der Waals surface area contributed by atoms with Gasteiger partial charge in [-0.15, -0.1) is 0 Å². The quantitative estimate of drug-likeness (QED) is 0.522. The molecule has 2 atom stereocenters. The molecular weight excluding hydrogens is 254 g/mol. The average molecular weight is 285 g/mol. The van der Waals surface area contributed by atoms with Gasteiger partial charge in [-0.1, -0.05) is 6.58 Å². The average Bonchev–Trinajstić information content (AvgIpc) is 2.24. The molecule has 0 spiro atoms. The minimum atomic E-state index is -0.852. The van der Waals surface area contributed by atoms with Crippen LogP contribution < -0.4 is 0 Å². The standard InChI is InChI=1S/C16H31NOS/c1-12(2)14(4)17-13(3)10-11-16(8,9)19(18)15(5,6)7/h13H,1,10-11H2,2-9H3/b17-14-. The smallest absolute Gasteiger partial charge is 0.120 e. The zero-order valence-electron chi connectivity index (χ0n) is 14.0. The number of allylic oxidation sites excluding steroid dienone is 1. The predicted octanol–water partition coefficient (Wildman–Crippen LogP) is 4.52. The van der Waals surface area contributed by atoms with Crippen molar-refractivity contribution in [2.75, 3.05) is 0 Å². The van der Waals surface area contributed by atoms with Crippen molar-refractivity contribution in [1.82, 2.24) is 0 Å². The first kappa shape index (κ1) is 18.7. The summed E-state index contributed by atoms with van der Waals surface area (Å²) in [4.78, 5) is 4.62. The third kappa shape index (κ3) is 6.62. The van der Waals surface area contributed by atoms with Crippen LogP contribution in [-0.2, 0) is 11.2 Å². The highest BCUT2D eigenvalue weighted by Gasteiger charge is 2.40. The Morgan fingerprint density at radius 3 is 2.05 bits per heavy atom. The molecule has 112 valence electrons. The first-order chi connectivity index (χ1) is 8.38. The van der Waals surface area contributed by atoms with Crippen LogP contribution in [0, 0.1) is 0 Å². The fraction of sp³-hybridized carbons (Fsp3) is 0.812. The lowest BCUT2D eigenvalue weighted by atomic mass is 10.0. The van der Waals surface area contributed by atoms with Crippen LogP contribution in [0.5, 0.6) is 0 Å². The molecule has 0 amide bonds. The van der Waals surface area contributed by atoms with Gasteiger partial charge in [-0.05, 0) is 85.0 Å². The Morgan fingerprint density at radius 2 is 1.68 bits per heavy atom. The Hall–Kier alpha value is -0.280.